The maximum Gasteiger partial charge on any atom is 0.251 e. The van der Waals surface area contributed by atoms with Crippen LogP contribution in [0.4, 0.5) is 5.69 Å². The van der Waals surface area contributed by atoms with Gasteiger partial charge in [0.05, 0.1) is 0 Å². The van der Waals surface area contributed by atoms with Gasteiger partial charge >= 0.3 is 0 Å². The van der Waals surface area contributed by atoms with Gasteiger partial charge in [-0.25, -0.2) is 0 Å². The Kier molecular flexibility index (Phi) is 2.99. The molecule has 2 rings (SSSR count). The van der Waals surface area contributed by atoms with Crippen molar-refractivity contribution in [2.45, 2.75) is 19.4 Å². The van der Waals surface area contributed by atoms with Crippen molar-refractivity contribution in [1.29, 1.82) is 0 Å². The van der Waals surface area contributed by atoms with Gasteiger partial charge in [0.15, 0.2) is 0 Å². The van der Waals surface area contributed by atoms with Gasteiger partial charge in [-0.3, -0.25) is 9.59 Å². The molecule has 1 atom stereocenters. The van der Waals surface area contributed by atoms with E-state index in [2.05, 4.69) is 10.6 Å². The van der Waals surface area contributed by atoms with Crippen molar-refractivity contribution < 1.29 is 9.59 Å². The molecule has 1 aromatic carbocycles. The number of benzene rings is 1. The Labute approximate surface area is 99.4 Å². The van der Waals surface area contributed by atoms with Crippen molar-refractivity contribution in [3.63, 3.8) is 0 Å². The number of nitrogens with one attached hydrogen (secondary N) is 2. The van der Waals surface area contributed by atoms with E-state index < -0.39 is 11.9 Å². The number of hydrogen-bond donors (Lipinski definition) is 3. The number of fused-ring (bicyclic) bond motifs is 1. The van der Waals surface area contributed by atoms with Gasteiger partial charge in [0, 0.05) is 17.8 Å². The van der Waals surface area contributed by atoms with Crippen LogP contribution < -0.4 is 16.4 Å². The highest BCUT2D eigenvalue weighted by atomic mass is 16.2. The summed E-state index contributed by atoms with van der Waals surface area (Å²) in [6.07, 6.45) is 0.981. The highest BCUT2D eigenvalue weighted by Gasteiger charge is 2.16. The molecule has 17 heavy (non-hydrogen) atoms. The minimum absolute atomic E-state index is 0.284. The Morgan fingerprint density at radius 2 is 2.24 bits per heavy atom. The first kappa shape index (κ1) is 11.4. The lowest BCUT2D eigenvalue weighted by atomic mass is 10.1. The summed E-state index contributed by atoms with van der Waals surface area (Å²) in [6, 6.07) is 4.82. The van der Waals surface area contributed by atoms with Crippen molar-refractivity contribution >= 4 is 17.5 Å². The van der Waals surface area contributed by atoms with E-state index in [9.17, 15) is 9.59 Å². The molecule has 0 aliphatic carbocycles. The van der Waals surface area contributed by atoms with Gasteiger partial charge in [-0.05, 0) is 31.0 Å². The molecule has 0 fully saturated rings. The van der Waals surface area contributed by atoms with Crippen LogP contribution in [0, 0.1) is 0 Å². The van der Waals surface area contributed by atoms with Gasteiger partial charge in [0.2, 0.25) is 5.91 Å². The number of rotatable bonds is 3. The first-order valence-electron chi connectivity index (χ1n) is 5.55. The van der Waals surface area contributed by atoms with Gasteiger partial charge < -0.3 is 16.4 Å². The van der Waals surface area contributed by atoms with Crippen LogP contribution in [0.2, 0.25) is 0 Å². The Morgan fingerprint density at radius 1 is 1.47 bits per heavy atom. The molecule has 5 heteroatoms. The van der Waals surface area contributed by atoms with Crippen LogP contribution >= 0.6 is 0 Å². The predicted octanol–water partition coefficient (Wildman–Crippen LogP) is 0.258. The second-order valence-corrected chi connectivity index (χ2v) is 4.15. The molecule has 1 aliphatic rings. The third-order valence-corrected chi connectivity index (χ3v) is 2.86. The standard InChI is InChI=1S/C12H15N3O2/c1-7(11(13)16)15-12(17)9-3-2-8-4-5-14-10(8)6-9/h2-3,6-7,14H,4-5H2,1H3,(H2,13,16)(H,15,17). The van der Waals surface area contributed by atoms with Crippen LogP contribution in [0.25, 0.3) is 0 Å². The van der Waals surface area contributed by atoms with Crippen molar-refractivity contribution in [3.05, 3.63) is 29.3 Å². The van der Waals surface area contributed by atoms with Crippen molar-refractivity contribution in [1.82, 2.24) is 5.32 Å². The van der Waals surface area contributed by atoms with Crippen LogP contribution in [0.15, 0.2) is 18.2 Å². The molecule has 0 bridgehead atoms. The Hall–Kier alpha value is -2.04. The average Bonchev–Trinajstić information content (AvgIpc) is 2.75. The number of amides is 2. The van der Waals surface area contributed by atoms with Crippen molar-refractivity contribution in [2.75, 3.05) is 11.9 Å². The molecular weight excluding hydrogens is 218 g/mol. The van der Waals surface area contributed by atoms with E-state index in [1.54, 1.807) is 19.1 Å². The number of primary amides is 1. The van der Waals surface area contributed by atoms with E-state index in [0.717, 1.165) is 18.7 Å². The first-order chi connectivity index (χ1) is 8.08. The number of anilines is 1. The average molecular weight is 233 g/mol. The monoisotopic (exact) mass is 233 g/mol. The molecule has 0 saturated carbocycles. The molecular formula is C12H15N3O2. The van der Waals surface area contributed by atoms with Crippen molar-refractivity contribution in [2.24, 2.45) is 5.73 Å². The molecule has 0 spiro atoms. The van der Waals surface area contributed by atoms with Crippen LogP contribution in [0.3, 0.4) is 0 Å². The Bertz CT molecular complexity index is 471. The van der Waals surface area contributed by atoms with Gasteiger partial charge in [0.25, 0.3) is 5.91 Å². The first-order valence-corrected chi connectivity index (χ1v) is 5.55. The summed E-state index contributed by atoms with van der Waals surface area (Å²) >= 11 is 0. The predicted molar refractivity (Wildman–Crippen MR) is 64.8 cm³/mol. The number of nitrogens with two attached hydrogens (primary N) is 1. The van der Waals surface area contributed by atoms with Crippen molar-refractivity contribution in [3.8, 4) is 0 Å². The molecule has 1 unspecified atom stereocenters. The van der Waals surface area contributed by atoms with Gasteiger partial charge in [-0.1, -0.05) is 6.07 Å². The number of carbonyl (C=O) groups excluding carboxylic acids is 2. The fourth-order valence-electron chi connectivity index (χ4n) is 1.78. The van der Waals surface area contributed by atoms with E-state index in [1.807, 2.05) is 6.07 Å². The largest absolute Gasteiger partial charge is 0.384 e. The number of carbonyl (C=O) groups is 2. The Balaban J connectivity index is 2.12. The maximum atomic E-state index is 11.8. The minimum Gasteiger partial charge on any atom is -0.384 e. The molecule has 2 amide bonds. The zero-order valence-electron chi connectivity index (χ0n) is 9.62. The van der Waals surface area contributed by atoms with E-state index in [-0.39, 0.29) is 5.91 Å². The van der Waals surface area contributed by atoms with Crippen LogP contribution in [-0.4, -0.2) is 24.4 Å². The Morgan fingerprint density at radius 3 is 2.94 bits per heavy atom. The summed E-state index contributed by atoms with van der Waals surface area (Å²) in [5.41, 5.74) is 7.82. The van der Waals surface area contributed by atoms with E-state index in [4.69, 9.17) is 5.73 Å². The van der Waals surface area contributed by atoms with Crippen LogP contribution in [0.5, 0.6) is 0 Å². The van der Waals surface area contributed by atoms with E-state index in [1.165, 1.54) is 5.56 Å². The summed E-state index contributed by atoms with van der Waals surface area (Å²) in [5.74, 6) is -0.828. The normalized spacial score (nSPS) is 14.6. The summed E-state index contributed by atoms with van der Waals surface area (Å²) < 4.78 is 0. The number of hydrogen-bond acceptors (Lipinski definition) is 3. The minimum atomic E-state index is -0.663. The highest BCUT2D eigenvalue weighted by molar-refractivity contribution is 5.98. The molecule has 5 nitrogen and oxygen atoms in total. The zero-order chi connectivity index (χ0) is 12.4. The summed E-state index contributed by atoms with van der Waals surface area (Å²) in [6.45, 7) is 2.46. The van der Waals surface area contributed by atoms with Gasteiger partial charge in [-0.15, -0.1) is 0 Å². The highest BCUT2D eigenvalue weighted by Crippen LogP contribution is 2.23. The molecule has 4 N–H and O–H groups in total. The maximum absolute atomic E-state index is 11.8. The third kappa shape index (κ3) is 2.38. The lowest BCUT2D eigenvalue weighted by Gasteiger charge is -2.10. The third-order valence-electron chi connectivity index (χ3n) is 2.86. The van der Waals surface area contributed by atoms with Crippen LogP contribution in [-0.2, 0) is 11.2 Å². The van der Waals surface area contributed by atoms with E-state index in [0.29, 0.717) is 5.56 Å². The van der Waals surface area contributed by atoms with Gasteiger partial charge in [-0.2, -0.15) is 0 Å². The smallest absolute Gasteiger partial charge is 0.251 e. The topological polar surface area (TPSA) is 84.2 Å². The molecule has 1 aromatic rings. The second kappa shape index (κ2) is 4.45. The second-order valence-electron chi connectivity index (χ2n) is 4.15. The molecule has 1 aliphatic heterocycles. The molecule has 1 heterocycles. The zero-order valence-corrected chi connectivity index (χ0v) is 9.62. The van der Waals surface area contributed by atoms with Crippen LogP contribution in [0.1, 0.15) is 22.8 Å². The molecule has 0 saturated heterocycles. The fraction of sp³-hybridized carbons (Fsp3) is 0.333. The lowest BCUT2D eigenvalue weighted by molar-refractivity contribution is -0.119. The fourth-order valence-corrected chi connectivity index (χ4v) is 1.78. The molecule has 90 valence electrons. The summed E-state index contributed by atoms with van der Waals surface area (Å²) in [4.78, 5) is 22.7. The summed E-state index contributed by atoms with van der Waals surface area (Å²) in [7, 11) is 0. The quantitative estimate of drug-likeness (QED) is 0.700. The lowest BCUT2D eigenvalue weighted by Crippen LogP contribution is -2.42. The SMILES string of the molecule is CC(NC(=O)c1ccc2c(c1)NCC2)C(N)=O. The van der Waals surface area contributed by atoms with Gasteiger partial charge in [0.1, 0.15) is 6.04 Å². The molecule has 0 radical (unpaired) electrons. The molecule has 0 aromatic heterocycles. The van der Waals surface area contributed by atoms with E-state index >= 15 is 0 Å². The summed E-state index contributed by atoms with van der Waals surface area (Å²) in [5, 5.41) is 5.75.